The van der Waals surface area contributed by atoms with Gasteiger partial charge in [-0.3, -0.25) is 14.4 Å². The van der Waals surface area contributed by atoms with Crippen LogP contribution in [0.5, 0.6) is 5.75 Å². The number of amides is 3. The Labute approximate surface area is 198 Å². The Balaban J connectivity index is 1.52. The van der Waals surface area contributed by atoms with Gasteiger partial charge in [-0.05, 0) is 49.3 Å². The topological polar surface area (TPSA) is 127 Å². The van der Waals surface area contributed by atoms with E-state index < -0.39 is 18.0 Å². The molecule has 2 aliphatic heterocycles. The Morgan fingerprint density at radius 3 is 2.88 bits per heavy atom. The molecule has 0 radical (unpaired) electrons. The van der Waals surface area contributed by atoms with Gasteiger partial charge in [0, 0.05) is 29.9 Å². The summed E-state index contributed by atoms with van der Waals surface area (Å²) in [7, 11) is 1.57. The number of ether oxygens (including phenoxy) is 1. The van der Waals surface area contributed by atoms with Gasteiger partial charge in [-0.15, -0.1) is 0 Å². The zero-order valence-electron chi connectivity index (χ0n) is 19.8. The summed E-state index contributed by atoms with van der Waals surface area (Å²) in [4.78, 5) is 43.3. The van der Waals surface area contributed by atoms with Crippen LogP contribution in [0.25, 0.3) is 10.9 Å². The minimum atomic E-state index is -0.763. The molecule has 1 unspecified atom stereocenters. The summed E-state index contributed by atoms with van der Waals surface area (Å²) < 4.78 is 5.37. The lowest BCUT2D eigenvalue weighted by atomic mass is 9.79. The number of methoxy groups -OCH3 is 1. The standard InChI is InChI=1S/C25H31N5O4/c1-25(2)12-20(29-23(32)19-11-17-18(28-19)7-4-8-21(17)34-3)24(33)30(14-25)16(13-26)10-15-6-5-9-27-22(15)31/h4,7-8,11,15-16,20,28H,5-6,9-10,12,14H2,1-3H3,(H,27,31)(H,29,32)/t15-,16-,20?/m0/s1. The number of piperidine rings is 2. The minimum Gasteiger partial charge on any atom is -0.496 e. The summed E-state index contributed by atoms with van der Waals surface area (Å²) in [6.07, 6.45) is 2.33. The fourth-order valence-electron chi connectivity index (χ4n) is 5.06. The van der Waals surface area contributed by atoms with Crippen LogP contribution >= 0.6 is 0 Å². The van der Waals surface area contributed by atoms with E-state index in [-0.39, 0.29) is 23.1 Å². The highest BCUT2D eigenvalue weighted by atomic mass is 16.5. The molecule has 4 rings (SSSR count). The zero-order chi connectivity index (χ0) is 24.5. The van der Waals surface area contributed by atoms with E-state index in [0.717, 1.165) is 17.3 Å². The number of nitrogens with one attached hydrogen (secondary N) is 3. The minimum absolute atomic E-state index is 0.0608. The van der Waals surface area contributed by atoms with Gasteiger partial charge in [0.1, 0.15) is 23.5 Å². The molecule has 180 valence electrons. The number of aromatic amines is 1. The van der Waals surface area contributed by atoms with Crippen molar-refractivity contribution in [1.82, 2.24) is 20.5 Å². The molecule has 2 aromatic rings. The lowest BCUT2D eigenvalue weighted by Gasteiger charge is -2.44. The lowest BCUT2D eigenvalue weighted by molar-refractivity contribution is -0.142. The predicted octanol–water partition coefficient (Wildman–Crippen LogP) is 2.34. The molecule has 9 heteroatoms. The van der Waals surface area contributed by atoms with Gasteiger partial charge in [-0.25, -0.2) is 0 Å². The van der Waals surface area contributed by atoms with Crippen molar-refractivity contribution in [2.24, 2.45) is 11.3 Å². The Hall–Kier alpha value is -3.54. The molecule has 3 atom stereocenters. The number of likely N-dealkylation sites (tertiary alicyclic amines) is 1. The van der Waals surface area contributed by atoms with Gasteiger partial charge in [-0.2, -0.15) is 5.26 Å². The van der Waals surface area contributed by atoms with Crippen LogP contribution in [0.15, 0.2) is 24.3 Å². The monoisotopic (exact) mass is 465 g/mol. The largest absolute Gasteiger partial charge is 0.496 e. The Bertz CT molecular complexity index is 1150. The third kappa shape index (κ3) is 4.72. The number of carbonyl (C=O) groups is 3. The van der Waals surface area contributed by atoms with Crippen LogP contribution in [-0.2, 0) is 9.59 Å². The van der Waals surface area contributed by atoms with Crippen molar-refractivity contribution in [3.63, 3.8) is 0 Å². The first-order valence-electron chi connectivity index (χ1n) is 11.7. The van der Waals surface area contributed by atoms with Crippen LogP contribution in [0.4, 0.5) is 0 Å². The first-order chi connectivity index (χ1) is 16.2. The summed E-state index contributed by atoms with van der Waals surface area (Å²) >= 11 is 0. The maximum Gasteiger partial charge on any atom is 0.268 e. The molecule has 3 amide bonds. The van der Waals surface area contributed by atoms with Crippen LogP contribution in [0.2, 0.25) is 0 Å². The van der Waals surface area contributed by atoms with Crippen molar-refractivity contribution in [2.75, 3.05) is 20.2 Å². The van der Waals surface area contributed by atoms with E-state index in [2.05, 4.69) is 21.7 Å². The number of rotatable bonds is 6. The number of carbonyl (C=O) groups excluding carboxylic acids is 3. The molecular formula is C25H31N5O4. The number of benzene rings is 1. The Kier molecular flexibility index (Phi) is 6.51. The SMILES string of the molecule is COc1cccc2[nH]c(C(=O)NC3CC(C)(C)CN([C@H](C#N)C[C@@H]4CCCNC4=O)C3=O)cc12. The van der Waals surface area contributed by atoms with Gasteiger partial charge < -0.3 is 25.3 Å². The number of hydrogen-bond donors (Lipinski definition) is 3. The van der Waals surface area contributed by atoms with Gasteiger partial charge in [0.2, 0.25) is 11.8 Å². The quantitative estimate of drug-likeness (QED) is 0.603. The van der Waals surface area contributed by atoms with Crippen molar-refractivity contribution >= 4 is 28.6 Å². The number of fused-ring (bicyclic) bond motifs is 1. The first kappa shape index (κ1) is 23.6. The molecule has 0 spiro atoms. The van der Waals surface area contributed by atoms with Gasteiger partial charge in [-0.1, -0.05) is 19.9 Å². The molecule has 0 saturated carbocycles. The van der Waals surface area contributed by atoms with E-state index in [1.165, 1.54) is 0 Å². The molecule has 9 nitrogen and oxygen atoms in total. The van der Waals surface area contributed by atoms with Crippen molar-refractivity contribution in [3.8, 4) is 11.8 Å². The molecule has 34 heavy (non-hydrogen) atoms. The summed E-state index contributed by atoms with van der Waals surface area (Å²) in [5.74, 6) is -0.379. The van der Waals surface area contributed by atoms with E-state index in [4.69, 9.17) is 4.74 Å². The highest BCUT2D eigenvalue weighted by Crippen LogP contribution is 2.33. The van der Waals surface area contributed by atoms with Gasteiger partial charge in [0.05, 0.1) is 13.2 Å². The average molecular weight is 466 g/mol. The lowest BCUT2D eigenvalue weighted by Crippen LogP contribution is -2.60. The Morgan fingerprint density at radius 2 is 2.18 bits per heavy atom. The number of nitrogens with zero attached hydrogens (tertiary/aromatic N) is 2. The van der Waals surface area contributed by atoms with Crippen LogP contribution in [0.3, 0.4) is 0 Å². The van der Waals surface area contributed by atoms with Gasteiger partial charge in [0.15, 0.2) is 0 Å². The summed E-state index contributed by atoms with van der Waals surface area (Å²) in [6, 6.07) is 7.96. The molecule has 0 bridgehead atoms. The molecule has 2 aliphatic rings. The molecule has 2 fully saturated rings. The number of hydrogen-bond acceptors (Lipinski definition) is 5. The highest BCUT2D eigenvalue weighted by molar-refractivity contribution is 6.01. The number of H-pyrrole nitrogens is 1. The van der Waals surface area contributed by atoms with Crippen molar-refractivity contribution < 1.29 is 19.1 Å². The van der Waals surface area contributed by atoms with Gasteiger partial charge >= 0.3 is 0 Å². The van der Waals surface area contributed by atoms with Crippen molar-refractivity contribution in [3.05, 3.63) is 30.0 Å². The highest BCUT2D eigenvalue weighted by Gasteiger charge is 2.43. The third-order valence-corrected chi connectivity index (χ3v) is 6.76. The fourth-order valence-corrected chi connectivity index (χ4v) is 5.06. The van der Waals surface area contributed by atoms with E-state index in [0.29, 0.717) is 43.8 Å². The van der Waals surface area contributed by atoms with Crippen molar-refractivity contribution in [2.45, 2.75) is 51.6 Å². The maximum atomic E-state index is 13.4. The van der Waals surface area contributed by atoms with E-state index in [1.807, 2.05) is 32.0 Å². The van der Waals surface area contributed by atoms with Crippen LogP contribution in [-0.4, -0.2) is 59.9 Å². The number of aromatic nitrogens is 1. The molecule has 2 saturated heterocycles. The van der Waals surface area contributed by atoms with E-state index in [1.54, 1.807) is 18.1 Å². The van der Waals surface area contributed by atoms with Gasteiger partial charge in [0.25, 0.3) is 5.91 Å². The third-order valence-electron chi connectivity index (χ3n) is 6.76. The molecular weight excluding hydrogens is 434 g/mol. The van der Waals surface area contributed by atoms with E-state index >= 15 is 0 Å². The van der Waals surface area contributed by atoms with Crippen LogP contribution in [0.1, 0.15) is 50.0 Å². The fraction of sp³-hybridized carbons (Fsp3) is 0.520. The first-order valence-corrected chi connectivity index (χ1v) is 11.7. The second-order valence-electron chi connectivity index (χ2n) is 9.98. The average Bonchev–Trinajstić information content (AvgIpc) is 3.25. The normalized spacial score (nSPS) is 23.2. The van der Waals surface area contributed by atoms with E-state index in [9.17, 15) is 19.6 Å². The second kappa shape index (κ2) is 9.37. The molecule has 3 N–H and O–H groups in total. The summed E-state index contributed by atoms with van der Waals surface area (Å²) in [5.41, 5.74) is 0.786. The predicted molar refractivity (Wildman–Crippen MR) is 126 cm³/mol. The van der Waals surface area contributed by atoms with Crippen LogP contribution < -0.4 is 15.4 Å². The summed E-state index contributed by atoms with van der Waals surface area (Å²) in [6.45, 7) is 5.08. The zero-order valence-corrected chi connectivity index (χ0v) is 19.8. The molecule has 1 aromatic carbocycles. The second-order valence-corrected chi connectivity index (χ2v) is 9.98. The maximum absolute atomic E-state index is 13.4. The molecule has 3 heterocycles. The smallest absolute Gasteiger partial charge is 0.268 e. The van der Waals surface area contributed by atoms with Crippen LogP contribution in [0, 0.1) is 22.7 Å². The Morgan fingerprint density at radius 1 is 1.38 bits per heavy atom. The summed E-state index contributed by atoms with van der Waals surface area (Å²) in [5, 5.41) is 16.4. The molecule has 1 aromatic heterocycles. The van der Waals surface area contributed by atoms with Crippen molar-refractivity contribution in [1.29, 1.82) is 5.26 Å². The molecule has 0 aliphatic carbocycles. The number of nitriles is 1.